The molecule has 88 valence electrons. The molecule has 2 rings (SSSR count). The Morgan fingerprint density at radius 3 is 2.53 bits per heavy atom. The van der Waals surface area contributed by atoms with Crippen LogP contribution in [0.15, 0.2) is 0 Å². The summed E-state index contributed by atoms with van der Waals surface area (Å²) in [6.07, 6.45) is 5.67. The second-order valence-corrected chi connectivity index (χ2v) is 5.04. The van der Waals surface area contributed by atoms with Crippen LogP contribution in [0.4, 0.5) is 0 Å². The lowest BCUT2D eigenvalue weighted by molar-refractivity contribution is 0.0285. The van der Waals surface area contributed by atoms with Gasteiger partial charge in [-0.2, -0.15) is 0 Å². The topological polar surface area (TPSA) is 32.7 Å². The quantitative estimate of drug-likeness (QED) is 0.766. The fourth-order valence-corrected chi connectivity index (χ4v) is 2.88. The van der Waals surface area contributed by atoms with Gasteiger partial charge in [0.15, 0.2) is 0 Å². The summed E-state index contributed by atoms with van der Waals surface area (Å²) >= 11 is 0. The first-order chi connectivity index (χ1) is 7.27. The maximum Gasteiger partial charge on any atom is 0.0580 e. The van der Waals surface area contributed by atoms with E-state index in [0.717, 1.165) is 39.0 Å². The van der Waals surface area contributed by atoms with E-state index in [-0.39, 0.29) is 6.10 Å². The average molecular weight is 213 g/mol. The predicted octanol–water partition coefficient (Wildman–Crippen LogP) is 1.26. The average Bonchev–Trinajstić information content (AvgIpc) is 2.66. The van der Waals surface area contributed by atoms with Gasteiger partial charge in [0.05, 0.1) is 6.10 Å². The van der Waals surface area contributed by atoms with Crippen molar-refractivity contribution >= 4 is 0 Å². The van der Waals surface area contributed by atoms with Crippen LogP contribution in [-0.2, 0) is 4.74 Å². The molecule has 1 saturated heterocycles. The summed E-state index contributed by atoms with van der Waals surface area (Å²) in [5.41, 5.74) is 0. The molecule has 3 heteroatoms. The van der Waals surface area contributed by atoms with E-state index in [0.29, 0.717) is 12.0 Å². The normalized spacial score (nSPS) is 33.8. The Morgan fingerprint density at radius 1 is 1.20 bits per heavy atom. The second-order valence-electron chi connectivity index (χ2n) is 5.04. The van der Waals surface area contributed by atoms with Crippen LogP contribution in [0.25, 0.3) is 0 Å². The molecule has 15 heavy (non-hydrogen) atoms. The monoisotopic (exact) mass is 213 g/mol. The smallest absolute Gasteiger partial charge is 0.0580 e. The van der Waals surface area contributed by atoms with Gasteiger partial charge >= 0.3 is 0 Å². The van der Waals surface area contributed by atoms with E-state index in [1.807, 2.05) is 0 Å². The molecule has 1 aliphatic carbocycles. The molecular weight excluding hydrogens is 190 g/mol. The van der Waals surface area contributed by atoms with Gasteiger partial charge in [-0.1, -0.05) is 6.42 Å². The number of hydrogen-bond acceptors (Lipinski definition) is 3. The molecule has 1 aliphatic heterocycles. The zero-order valence-corrected chi connectivity index (χ0v) is 9.69. The minimum Gasteiger partial charge on any atom is -0.393 e. The third-order valence-corrected chi connectivity index (χ3v) is 3.96. The first-order valence-electron chi connectivity index (χ1n) is 6.23. The molecule has 1 N–H and O–H groups in total. The lowest BCUT2D eigenvalue weighted by Crippen LogP contribution is -2.40. The highest BCUT2D eigenvalue weighted by Crippen LogP contribution is 2.27. The minimum absolute atomic E-state index is 0.0488. The van der Waals surface area contributed by atoms with Crippen LogP contribution in [0, 0.1) is 5.92 Å². The maximum absolute atomic E-state index is 9.78. The van der Waals surface area contributed by atoms with E-state index in [9.17, 15) is 5.11 Å². The molecule has 0 spiro atoms. The van der Waals surface area contributed by atoms with Crippen LogP contribution in [0.2, 0.25) is 0 Å². The molecule has 0 aromatic heterocycles. The van der Waals surface area contributed by atoms with Crippen molar-refractivity contribution in [1.29, 1.82) is 0 Å². The molecule has 1 saturated carbocycles. The fourth-order valence-electron chi connectivity index (χ4n) is 2.88. The Hall–Kier alpha value is -0.120. The summed E-state index contributed by atoms with van der Waals surface area (Å²) in [4.78, 5) is 2.43. The lowest BCUT2D eigenvalue weighted by atomic mass is 10.0. The molecule has 0 radical (unpaired) electrons. The Bertz CT molecular complexity index is 192. The van der Waals surface area contributed by atoms with Crippen molar-refractivity contribution in [2.24, 2.45) is 5.92 Å². The van der Waals surface area contributed by atoms with Crippen LogP contribution in [-0.4, -0.2) is 49.0 Å². The van der Waals surface area contributed by atoms with Gasteiger partial charge in [0, 0.05) is 25.8 Å². The summed E-state index contributed by atoms with van der Waals surface area (Å²) in [5.74, 6) is 0.512. The molecule has 2 atom stereocenters. The van der Waals surface area contributed by atoms with Crippen LogP contribution in [0.3, 0.4) is 0 Å². The SMILES string of the molecule is CN(CC1CCCC1O)C1CCOCC1. The minimum atomic E-state index is -0.0488. The Balaban J connectivity index is 1.77. The zero-order chi connectivity index (χ0) is 10.7. The molecule has 0 aromatic rings. The molecule has 3 nitrogen and oxygen atoms in total. The first kappa shape index (κ1) is 11.4. The predicted molar refractivity (Wildman–Crippen MR) is 59.8 cm³/mol. The molecule has 1 heterocycles. The van der Waals surface area contributed by atoms with E-state index in [4.69, 9.17) is 4.74 Å². The third-order valence-electron chi connectivity index (χ3n) is 3.96. The largest absolute Gasteiger partial charge is 0.393 e. The van der Waals surface area contributed by atoms with Gasteiger partial charge in [-0.3, -0.25) is 0 Å². The Labute approximate surface area is 92.4 Å². The third kappa shape index (κ3) is 2.92. The van der Waals surface area contributed by atoms with Gasteiger partial charge in [0.2, 0.25) is 0 Å². The van der Waals surface area contributed by atoms with Crippen molar-refractivity contribution in [3.8, 4) is 0 Å². The molecule has 2 unspecified atom stereocenters. The van der Waals surface area contributed by atoms with Crippen LogP contribution in [0.1, 0.15) is 32.1 Å². The second kappa shape index (κ2) is 5.28. The van der Waals surface area contributed by atoms with Gasteiger partial charge in [0.1, 0.15) is 0 Å². The highest BCUT2D eigenvalue weighted by Gasteiger charge is 2.28. The van der Waals surface area contributed by atoms with E-state index < -0.39 is 0 Å². The number of ether oxygens (including phenoxy) is 1. The van der Waals surface area contributed by atoms with Crippen molar-refractivity contribution in [2.75, 3.05) is 26.8 Å². The molecular formula is C12H23NO2. The number of aliphatic hydroxyl groups excluding tert-OH is 1. The fraction of sp³-hybridized carbons (Fsp3) is 1.00. The van der Waals surface area contributed by atoms with Crippen molar-refractivity contribution in [1.82, 2.24) is 4.90 Å². The first-order valence-corrected chi connectivity index (χ1v) is 6.23. The summed E-state index contributed by atoms with van der Waals surface area (Å²) in [5, 5.41) is 9.78. The van der Waals surface area contributed by atoms with Crippen LogP contribution < -0.4 is 0 Å². The molecule has 2 aliphatic rings. The van der Waals surface area contributed by atoms with E-state index in [1.54, 1.807) is 0 Å². The van der Waals surface area contributed by atoms with Gasteiger partial charge in [-0.15, -0.1) is 0 Å². The molecule has 0 bridgehead atoms. The highest BCUT2D eigenvalue weighted by molar-refractivity contribution is 4.81. The van der Waals surface area contributed by atoms with Crippen molar-refractivity contribution < 1.29 is 9.84 Å². The summed E-state index contributed by atoms with van der Waals surface area (Å²) < 4.78 is 5.36. The highest BCUT2D eigenvalue weighted by atomic mass is 16.5. The summed E-state index contributed by atoms with van der Waals surface area (Å²) in [6.45, 7) is 2.87. The Kier molecular flexibility index (Phi) is 4.00. The molecule has 2 fully saturated rings. The van der Waals surface area contributed by atoms with Gasteiger partial charge in [-0.05, 0) is 38.6 Å². The van der Waals surface area contributed by atoms with Crippen molar-refractivity contribution in [3.05, 3.63) is 0 Å². The maximum atomic E-state index is 9.78. The summed E-state index contributed by atoms with van der Waals surface area (Å²) in [7, 11) is 2.20. The van der Waals surface area contributed by atoms with E-state index in [1.165, 1.54) is 12.8 Å². The summed E-state index contributed by atoms with van der Waals surface area (Å²) in [6, 6.07) is 0.673. The lowest BCUT2D eigenvalue weighted by Gasteiger charge is -2.33. The number of aliphatic hydroxyl groups is 1. The van der Waals surface area contributed by atoms with Gasteiger partial charge in [0.25, 0.3) is 0 Å². The standard InChI is InChI=1S/C12H23NO2/c1-13(11-5-7-15-8-6-11)9-10-3-2-4-12(10)14/h10-12,14H,2-9H2,1H3. The number of hydrogen-bond donors (Lipinski definition) is 1. The van der Waals surface area contributed by atoms with Crippen LogP contribution >= 0.6 is 0 Å². The van der Waals surface area contributed by atoms with E-state index in [2.05, 4.69) is 11.9 Å². The number of nitrogens with zero attached hydrogens (tertiary/aromatic N) is 1. The zero-order valence-electron chi connectivity index (χ0n) is 9.69. The van der Waals surface area contributed by atoms with Gasteiger partial charge in [-0.25, -0.2) is 0 Å². The molecule has 0 amide bonds. The number of rotatable bonds is 3. The molecule has 0 aromatic carbocycles. The van der Waals surface area contributed by atoms with Gasteiger partial charge < -0.3 is 14.7 Å². The van der Waals surface area contributed by atoms with Crippen molar-refractivity contribution in [3.63, 3.8) is 0 Å². The van der Waals surface area contributed by atoms with Crippen molar-refractivity contribution in [2.45, 2.75) is 44.2 Å². The van der Waals surface area contributed by atoms with E-state index >= 15 is 0 Å². The van der Waals surface area contributed by atoms with Crippen LogP contribution in [0.5, 0.6) is 0 Å². The Morgan fingerprint density at radius 2 is 1.93 bits per heavy atom.